The van der Waals surface area contributed by atoms with Crippen molar-refractivity contribution in [2.45, 2.75) is 16.2 Å². The van der Waals surface area contributed by atoms with Crippen LogP contribution in [0.4, 0.5) is 0 Å². The topological polar surface area (TPSA) is 68.5 Å². The average molecular weight is 407 g/mol. The molecule has 0 unspecified atom stereocenters. The van der Waals surface area contributed by atoms with Gasteiger partial charge in [-0.05, 0) is 30.3 Å². The molecule has 0 aliphatic carbocycles. The molecule has 0 spiro atoms. The summed E-state index contributed by atoms with van der Waals surface area (Å²) in [5, 5.41) is 0. The number of thiazole rings is 1. The zero-order chi connectivity index (χ0) is 18.7. The van der Waals surface area contributed by atoms with E-state index in [9.17, 15) is 13.2 Å². The number of carbonyl (C=O) groups excluding carboxylic acids is 1. The van der Waals surface area contributed by atoms with E-state index in [1.54, 1.807) is 30.0 Å². The van der Waals surface area contributed by atoms with Crippen LogP contribution >= 0.6 is 23.1 Å². The molecule has 8 heteroatoms. The van der Waals surface area contributed by atoms with Crippen molar-refractivity contribution < 1.29 is 13.2 Å². The predicted molar refractivity (Wildman–Crippen MR) is 106 cm³/mol. The van der Waals surface area contributed by atoms with E-state index in [0.29, 0.717) is 17.0 Å². The summed E-state index contributed by atoms with van der Waals surface area (Å²) in [6, 6.07) is 14.9. The molecule has 0 bridgehead atoms. The van der Waals surface area contributed by atoms with Crippen LogP contribution in [-0.2, 0) is 21.7 Å². The number of benzene rings is 2. The fourth-order valence-corrected chi connectivity index (χ4v) is 5.05. The Kier molecular flexibility index (Phi) is 5.64. The highest BCUT2D eigenvalue weighted by atomic mass is 32.2. The van der Waals surface area contributed by atoms with Crippen molar-refractivity contribution in [2.75, 3.05) is 12.0 Å². The van der Waals surface area contributed by atoms with Gasteiger partial charge >= 0.3 is 0 Å². The summed E-state index contributed by atoms with van der Waals surface area (Å²) in [4.78, 5) is 18.3. The first-order valence-electron chi connectivity index (χ1n) is 7.89. The van der Waals surface area contributed by atoms with Gasteiger partial charge in [-0.25, -0.2) is 8.42 Å². The van der Waals surface area contributed by atoms with E-state index in [4.69, 9.17) is 0 Å². The standard InChI is InChI=1S/C18H18N2O3S3/c1-20-15-9-8-14(26(2,22)23)12-16(15)25-18(20)19-17(21)10-11-24-13-6-4-3-5-7-13/h3-9,12H,10-11H2,1-2H3. The first-order valence-corrected chi connectivity index (χ1v) is 11.6. The van der Waals surface area contributed by atoms with E-state index in [1.165, 1.54) is 17.6 Å². The van der Waals surface area contributed by atoms with Gasteiger partial charge in [0.05, 0.1) is 15.1 Å². The van der Waals surface area contributed by atoms with Crippen molar-refractivity contribution >= 4 is 49.1 Å². The Morgan fingerprint density at radius 2 is 1.92 bits per heavy atom. The highest BCUT2D eigenvalue weighted by Gasteiger charge is 2.11. The average Bonchev–Trinajstić information content (AvgIpc) is 2.90. The predicted octanol–water partition coefficient (Wildman–Crippen LogP) is 3.25. The summed E-state index contributed by atoms with van der Waals surface area (Å²) in [7, 11) is -1.44. The van der Waals surface area contributed by atoms with Crippen LogP contribution in [0.2, 0.25) is 0 Å². The molecule has 0 N–H and O–H groups in total. The number of fused-ring (bicyclic) bond motifs is 1. The zero-order valence-corrected chi connectivity index (χ0v) is 16.8. The number of rotatable bonds is 5. The summed E-state index contributed by atoms with van der Waals surface area (Å²) in [6.07, 6.45) is 1.53. The van der Waals surface area contributed by atoms with Crippen LogP contribution in [0.1, 0.15) is 6.42 Å². The minimum Gasteiger partial charge on any atom is -0.319 e. The minimum atomic E-state index is -3.26. The largest absolute Gasteiger partial charge is 0.319 e. The van der Waals surface area contributed by atoms with Gasteiger partial charge in [0.15, 0.2) is 14.6 Å². The van der Waals surface area contributed by atoms with Crippen LogP contribution in [0.3, 0.4) is 0 Å². The molecule has 0 saturated heterocycles. The molecule has 3 rings (SSSR count). The third-order valence-corrected chi connectivity index (χ3v) is 6.98. The lowest BCUT2D eigenvalue weighted by Gasteiger charge is -1.99. The molecule has 0 aliphatic heterocycles. The highest BCUT2D eigenvalue weighted by Crippen LogP contribution is 2.21. The van der Waals surface area contributed by atoms with Crippen LogP contribution in [0.15, 0.2) is 63.3 Å². The van der Waals surface area contributed by atoms with Gasteiger partial charge in [-0.1, -0.05) is 29.5 Å². The molecule has 0 atom stereocenters. The summed E-state index contributed by atoms with van der Waals surface area (Å²) in [5.74, 6) is 0.484. The quantitative estimate of drug-likeness (QED) is 0.610. The number of hydrogen-bond donors (Lipinski definition) is 0. The Morgan fingerprint density at radius 1 is 1.19 bits per heavy atom. The van der Waals surface area contributed by atoms with Crippen molar-refractivity contribution in [3.05, 3.63) is 53.3 Å². The number of thioether (sulfide) groups is 1. The van der Waals surface area contributed by atoms with Crippen molar-refractivity contribution in [3.8, 4) is 0 Å². The molecule has 0 fully saturated rings. The first kappa shape index (κ1) is 18.9. The van der Waals surface area contributed by atoms with Gasteiger partial charge in [-0.3, -0.25) is 4.79 Å². The molecule has 136 valence electrons. The lowest BCUT2D eigenvalue weighted by atomic mass is 10.3. The van der Waals surface area contributed by atoms with Crippen LogP contribution in [-0.4, -0.2) is 30.9 Å². The maximum atomic E-state index is 12.2. The number of nitrogens with zero attached hydrogens (tertiary/aromatic N) is 2. The number of aromatic nitrogens is 1. The van der Waals surface area contributed by atoms with Crippen molar-refractivity contribution in [1.29, 1.82) is 0 Å². The molecule has 2 aromatic carbocycles. The third kappa shape index (κ3) is 4.44. The second-order valence-electron chi connectivity index (χ2n) is 5.76. The van der Waals surface area contributed by atoms with Crippen LogP contribution in [0.25, 0.3) is 10.2 Å². The normalized spacial score (nSPS) is 12.6. The van der Waals surface area contributed by atoms with Gasteiger partial charge in [-0.15, -0.1) is 11.8 Å². The molecular formula is C18H18N2O3S3. The Balaban J connectivity index is 1.78. The van der Waals surface area contributed by atoms with Crippen molar-refractivity contribution in [1.82, 2.24) is 4.57 Å². The van der Waals surface area contributed by atoms with E-state index in [-0.39, 0.29) is 10.8 Å². The number of carbonyl (C=O) groups is 1. The summed E-state index contributed by atoms with van der Waals surface area (Å²) < 4.78 is 26.0. The second-order valence-corrected chi connectivity index (χ2v) is 9.96. The SMILES string of the molecule is Cn1c(=NC(=O)CCSc2ccccc2)sc2cc(S(C)(=O)=O)ccc21. The lowest BCUT2D eigenvalue weighted by Crippen LogP contribution is -2.13. The van der Waals surface area contributed by atoms with Crippen LogP contribution < -0.4 is 4.80 Å². The van der Waals surface area contributed by atoms with Gasteiger partial charge in [-0.2, -0.15) is 4.99 Å². The highest BCUT2D eigenvalue weighted by molar-refractivity contribution is 7.99. The molecular weight excluding hydrogens is 388 g/mol. The molecule has 0 aliphatic rings. The molecule has 26 heavy (non-hydrogen) atoms. The zero-order valence-electron chi connectivity index (χ0n) is 14.4. The van der Waals surface area contributed by atoms with E-state index < -0.39 is 9.84 Å². The van der Waals surface area contributed by atoms with Gasteiger partial charge in [0.2, 0.25) is 5.91 Å². The molecule has 3 aromatic rings. The van der Waals surface area contributed by atoms with Crippen molar-refractivity contribution in [3.63, 3.8) is 0 Å². The smallest absolute Gasteiger partial charge is 0.249 e. The van der Waals surface area contributed by atoms with E-state index in [2.05, 4.69) is 4.99 Å². The van der Waals surface area contributed by atoms with Gasteiger partial charge < -0.3 is 4.57 Å². The van der Waals surface area contributed by atoms with Gasteiger partial charge in [0.25, 0.3) is 0 Å². The summed E-state index contributed by atoms with van der Waals surface area (Å²) in [6.45, 7) is 0. The first-order chi connectivity index (χ1) is 12.3. The van der Waals surface area contributed by atoms with Crippen molar-refractivity contribution in [2.24, 2.45) is 12.0 Å². The second kappa shape index (κ2) is 7.77. The van der Waals surface area contributed by atoms with Crippen LogP contribution in [0.5, 0.6) is 0 Å². The lowest BCUT2D eigenvalue weighted by molar-refractivity contribution is -0.117. The summed E-state index contributed by atoms with van der Waals surface area (Å²) in [5.41, 5.74) is 0.854. The van der Waals surface area contributed by atoms with E-state index in [0.717, 1.165) is 15.1 Å². The maximum absolute atomic E-state index is 12.2. The molecule has 1 aromatic heterocycles. The minimum absolute atomic E-state index is 0.182. The number of aryl methyl sites for hydroxylation is 1. The Bertz CT molecular complexity index is 1110. The maximum Gasteiger partial charge on any atom is 0.249 e. The number of sulfone groups is 1. The fourth-order valence-electron chi connectivity index (χ4n) is 2.39. The third-order valence-electron chi connectivity index (χ3n) is 3.76. The Hall–Kier alpha value is -1.90. The molecule has 1 amide bonds. The molecule has 5 nitrogen and oxygen atoms in total. The molecule has 0 radical (unpaired) electrons. The fraction of sp³-hybridized carbons (Fsp3) is 0.222. The molecule has 0 saturated carbocycles. The molecule has 1 heterocycles. The summed E-state index contributed by atoms with van der Waals surface area (Å²) >= 11 is 2.94. The Labute approximate surface area is 160 Å². The number of hydrogen-bond acceptors (Lipinski definition) is 5. The van der Waals surface area contributed by atoms with Crippen LogP contribution in [0, 0.1) is 0 Å². The van der Waals surface area contributed by atoms with E-state index >= 15 is 0 Å². The Morgan fingerprint density at radius 3 is 2.62 bits per heavy atom. The number of amides is 1. The van der Waals surface area contributed by atoms with E-state index in [1.807, 2.05) is 41.9 Å². The van der Waals surface area contributed by atoms with Gasteiger partial charge in [0, 0.05) is 30.4 Å². The monoisotopic (exact) mass is 406 g/mol. The van der Waals surface area contributed by atoms with Gasteiger partial charge in [0.1, 0.15) is 0 Å².